The molecule has 1 aromatic heterocycles. The number of carbonyl (C=O) groups is 1. The van der Waals surface area contributed by atoms with Gasteiger partial charge < -0.3 is 9.67 Å². The predicted molar refractivity (Wildman–Crippen MR) is 60.3 cm³/mol. The third-order valence-electron chi connectivity index (χ3n) is 2.48. The zero-order valence-corrected chi connectivity index (χ0v) is 9.14. The molecule has 0 saturated carbocycles. The lowest BCUT2D eigenvalue weighted by molar-refractivity contribution is 0.0686. The maximum Gasteiger partial charge on any atom is 0.354 e. The van der Waals surface area contributed by atoms with E-state index in [9.17, 15) is 4.79 Å². The molecule has 0 unspecified atom stereocenters. The van der Waals surface area contributed by atoms with Crippen molar-refractivity contribution in [3.8, 4) is 11.4 Å². The Morgan fingerprint density at radius 2 is 2.19 bits per heavy atom. The second-order valence-corrected chi connectivity index (χ2v) is 3.70. The lowest BCUT2D eigenvalue weighted by Crippen LogP contribution is -2.05. The molecular formula is C12H12N2O2. The molecule has 0 bridgehead atoms. The van der Waals surface area contributed by atoms with Gasteiger partial charge in [0.15, 0.2) is 0 Å². The molecule has 0 aliphatic heterocycles. The van der Waals surface area contributed by atoms with E-state index in [-0.39, 0.29) is 5.69 Å². The lowest BCUT2D eigenvalue weighted by Gasteiger charge is -2.04. The number of aromatic carboxylic acids is 1. The van der Waals surface area contributed by atoms with Crippen LogP contribution in [0.3, 0.4) is 0 Å². The molecule has 0 atom stereocenters. The topological polar surface area (TPSA) is 55.1 Å². The number of aromatic nitrogens is 2. The van der Waals surface area contributed by atoms with Gasteiger partial charge in [0, 0.05) is 12.6 Å². The van der Waals surface area contributed by atoms with Gasteiger partial charge in [-0.3, -0.25) is 0 Å². The van der Waals surface area contributed by atoms with Crippen LogP contribution in [0.2, 0.25) is 0 Å². The van der Waals surface area contributed by atoms with Crippen molar-refractivity contribution in [3.05, 3.63) is 41.7 Å². The fourth-order valence-electron chi connectivity index (χ4n) is 1.66. The summed E-state index contributed by atoms with van der Waals surface area (Å²) in [5.41, 5.74) is 2.24. The largest absolute Gasteiger partial charge is 0.477 e. The summed E-state index contributed by atoms with van der Waals surface area (Å²) in [6, 6.07) is 7.82. The number of hydrogen-bond acceptors (Lipinski definition) is 2. The first kappa shape index (κ1) is 10.4. The molecule has 0 amide bonds. The van der Waals surface area contributed by atoms with Crippen molar-refractivity contribution < 1.29 is 9.90 Å². The van der Waals surface area contributed by atoms with Crippen molar-refractivity contribution in [3.63, 3.8) is 0 Å². The molecular weight excluding hydrogens is 204 g/mol. The molecule has 1 heterocycles. The molecule has 2 rings (SSSR count). The average Bonchev–Trinajstić information content (AvgIpc) is 2.60. The smallest absolute Gasteiger partial charge is 0.354 e. The minimum absolute atomic E-state index is 0.191. The van der Waals surface area contributed by atoms with Crippen molar-refractivity contribution in [2.45, 2.75) is 6.92 Å². The van der Waals surface area contributed by atoms with Crippen molar-refractivity contribution in [2.24, 2.45) is 7.05 Å². The highest BCUT2D eigenvalue weighted by molar-refractivity contribution is 5.86. The van der Waals surface area contributed by atoms with Crippen LogP contribution in [0.15, 0.2) is 30.5 Å². The van der Waals surface area contributed by atoms with Gasteiger partial charge >= 0.3 is 5.97 Å². The number of aryl methyl sites for hydroxylation is 1. The van der Waals surface area contributed by atoms with Gasteiger partial charge in [0.05, 0.1) is 6.20 Å². The molecule has 0 spiro atoms. The SMILES string of the molecule is Cc1cccc(-c2ncc(C(=O)O)n2C)c1. The number of benzene rings is 1. The van der Waals surface area contributed by atoms with Crippen LogP contribution in [-0.2, 0) is 7.05 Å². The van der Waals surface area contributed by atoms with E-state index in [0.717, 1.165) is 11.1 Å². The van der Waals surface area contributed by atoms with Crippen molar-refractivity contribution in [2.75, 3.05) is 0 Å². The highest BCUT2D eigenvalue weighted by Gasteiger charge is 2.13. The summed E-state index contributed by atoms with van der Waals surface area (Å²) in [7, 11) is 1.70. The summed E-state index contributed by atoms with van der Waals surface area (Å²) >= 11 is 0. The van der Waals surface area contributed by atoms with E-state index < -0.39 is 5.97 Å². The van der Waals surface area contributed by atoms with Crippen LogP contribution < -0.4 is 0 Å². The van der Waals surface area contributed by atoms with Crippen LogP contribution in [-0.4, -0.2) is 20.6 Å². The van der Waals surface area contributed by atoms with E-state index in [1.807, 2.05) is 31.2 Å². The van der Waals surface area contributed by atoms with E-state index >= 15 is 0 Å². The highest BCUT2D eigenvalue weighted by Crippen LogP contribution is 2.19. The quantitative estimate of drug-likeness (QED) is 0.836. The fourth-order valence-corrected chi connectivity index (χ4v) is 1.66. The van der Waals surface area contributed by atoms with Crippen LogP contribution >= 0.6 is 0 Å². The summed E-state index contributed by atoms with van der Waals surface area (Å²) in [5.74, 6) is -0.296. The first-order chi connectivity index (χ1) is 7.59. The summed E-state index contributed by atoms with van der Waals surface area (Å²) in [5, 5.41) is 8.92. The number of carboxylic acid groups (broad SMARTS) is 1. The molecule has 0 aliphatic carbocycles. The minimum atomic E-state index is -0.964. The third kappa shape index (κ3) is 1.69. The predicted octanol–water partition coefficient (Wildman–Crippen LogP) is 2.09. The van der Waals surface area contributed by atoms with Crippen LogP contribution in [0.5, 0.6) is 0 Å². The first-order valence-electron chi connectivity index (χ1n) is 4.91. The number of rotatable bonds is 2. The lowest BCUT2D eigenvalue weighted by atomic mass is 10.1. The molecule has 1 N–H and O–H groups in total. The average molecular weight is 216 g/mol. The standard InChI is InChI=1S/C12H12N2O2/c1-8-4-3-5-9(6-8)11-13-7-10(12(15)16)14(11)2/h3-7H,1-2H3,(H,15,16). The Morgan fingerprint density at radius 1 is 1.44 bits per heavy atom. The molecule has 2 aromatic rings. The second-order valence-electron chi connectivity index (χ2n) is 3.70. The van der Waals surface area contributed by atoms with E-state index in [2.05, 4.69) is 4.98 Å². The summed E-state index contributed by atoms with van der Waals surface area (Å²) in [4.78, 5) is 15.0. The van der Waals surface area contributed by atoms with Gasteiger partial charge in [-0.15, -0.1) is 0 Å². The molecule has 82 valence electrons. The van der Waals surface area contributed by atoms with Gasteiger partial charge in [0.1, 0.15) is 11.5 Å². The zero-order valence-electron chi connectivity index (χ0n) is 9.14. The van der Waals surface area contributed by atoms with Crippen molar-refractivity contribution >= 4 is 5.97 Å². The number of carboxylic acids is 1. The minimum Gasteiger partial charge on any atom is -0.477 e. The number of nitrogens with zero attached hydrogens (tertiary/aromatic N) is 2. The molecule has 4 heteroatoms. The molecule has 1 aromatic carbocycles. The third-order valence-corrected chi connectivity index (χ3v) is 2.48. The van der Waals surface area contributed by atoms with E-state index in [0.29, 0.717) is 5.82 Å². The van der Waals surface area contributed by atoms with E-state index in [4.69, 9.17) is 5.11 Å². The summed E-state index contributed by atoms with van der Waals surface area (Å²) < 4.78 is 1.58. The molecule has 0 aliphatic rings. The van der Waals surface area contributed by atoms with Gasteiger partial charge in [0.2, 0.25) is 0 Å². The van der Waals surface area contributed by atoms with Crippen LogP contribution in [0.1, 0.15) is 16.1 Å². The number of hydrogen-bond donors (Lipinski definition) is 1. The van der Waals surface area contributed by atoms with E-state index in [1.165, 1.54) is 6.20 Å². The van der Waals surface area contributed by atoms with Crippen molar-refractivity contribution in [1.29, 1.82) is 0 Å². The molecule has 0 radical (unpaired) electrons. The second kappa shape index (κ2) is 3.81. The Balaban J connectivity index is 2.53. The molecule has 0 fully saturated rings. The van der Waals surface area contributed by atoms with Gasteiger partial charge in [-0.05, 0) is 13.0 Å². The monoisotopic (exact) mass is 216 g/mol. The molecule has 16 heavy (non-hydrogen) atoms. The summed E-state index contributed by atoms with van der Waals surface area (Å²) in [6.45, 7) is 1.99. The Hall–Kier alpha value is -2.10. The molecule has 0 saturated heterocycles. The zero-order chi connectivity index (χ0) is 11.7. The van der Waals surface area contributed by atoms with Gasteiger partial charge in [-0.2, -0.15) is 0 Å². The van der Waals surface area contributed by atoms with Gasteiger partial charge in [0.25, 0.3) is 0 Å². The van der Waals surface area contributed by atoms with Gasteiger partial charge in [-0.25, -0.2) is 9.78 Å². The summed E-state index contributed by atoms with van der Waals surface area (Å²) in [6.07, 6.45) is 1.38. The Kier molecular flexibility index (Phi) is 2.48. The normalized spacial score (nSPS) is 10.4. The van der Waals surface area contributed by atoms with Crippen molar-refractivity contribution in [1.82, 2.24) is 9.55 Å². The fraction of sp³-hybridized carbons (Fsp3) is 0.167. The van der Waals surface area contributed by atoms with Crippen LogP contribution in [0.4, 0.5) is 0 Å². The highest BCUT2D eigenvalue weighted by atomic mass is 16.4. The number of imidazole rings is 1. The van der Waals surface area contributed by atoms with Crippen LogP contribution in [0.25, 0.3) is 11.4 Å². The first-order valence-corrected chi connectivity index (χ1v) is 4.91. The van der Waals surface area contributed by atoms with Crippen LogP contribution in [0, 0.1) is 6.92 Å². The Labute approximate surface area is 93.2 Å². The Bertz CT molecular complexity index is 544. The van der Waals surface area contributed by atoms with Gasteiger partial charge in [-0.1, -0.05) is 23.8 Å². The maximum absolute atomic E-state index is 10.9. The Morgan fingerprint density at radius 3 is 2.75 bits per heavy atom. The molecule has 4 nitrogen and oxygen atoms in total. The maximum atomic E-state index is 10.9. The van der Waals surface area contributed by atoms with E-state index in [1.54, 1.807) is 11.6 Å².